The minimum absolute atomic E-state index is 0.0314. The molecule has 3 atom stereocenters. The van der Waals surface area contributed by atoms with Gasteiger partial charge >= 0.3 is 0 Å². The highest BCUT2D eigenvalue weighted by Crippen LogP contribution is 2.66. The van der Waals surface area contributed by atoms with Gasteiger partial charge in [0.05, 0.1) is 16.9 Å². The fraction of sp³-hybridized carbons (Fsp3) is 0.342. The summed E-state index contributed by atoms with van der Waals surface area (Å²) in [5, 5.41) is 0. The predicted octanol–water partition coefficient (Wildman–Crippen LogP) is 17.4. The Morgan fingerprint density at radius 3 is 1.73 bits per heavy atom. The minimum Gasteiger partial charge on any atom is -0.334 e. The lowest BCUT2D eigenvalue weighted by Gasteiger charge is -2.52. The van der Waals surface area contributed by atoms with Crippen LogP contribution in [0, 0.1) is 0 Å². The first-order valence-corrected chi connectivity index (χ1v) is 29.0. The van der Waals surface area contributed by atoms with Gasteiger partial charge in [-0.2, -0.15) is 0 Å². The van der Waals surface area contributed by atoms with Crippen molar-refractivity contribution in [2.75, 3.05) is 14.7 Å². The van der Waals surface area contributed by atoms with Crippen molar-refractivity contribution in [3.63, 3.8) is 0 Å². The average Bonchev–Trinajstić information content (AvgIpc) is 3.63. The van der Waals surface area contributed by atoms with Crippen LogP contribution in [0.5, 0.6) is 0 Å². The van der Waals surface area contributed by atoms with Crippen molar-refractivity contribution in [2.24, 2.45) is 0 Å². The fourth-order valence-electron chi connectivity index (χ4n) is 16.6. The summed E-state index contributed by atoms with van der Waals surface area (Å²) >= 11 is 0. The van der Waals surface area contributed by atoms with Gasteiger partial charge in [0, 0.05) is 55.9 Å². The molecule has 4 aliphatic heterocycles. The molecule has 0 bridgehead atoms. The third-order valence-corrected chi connectivity index (χ3v) is 21.0. The molecular weight excluding hydrogens is 930 g/mol. The number of hydrogen-bond donors (Lipinski definition) is 0. The maximum absolute atomic E-state index is 2.86. The second kappa shape index (κ2) is 14.9. The molecule has 3 unspecified atom stereocenters. The number of benzene rings is 8. The van der Waals surface area contributed by atoms with Gasteiger partial charge < -0.3 is 14.7 Å². The molecule has 3 nitrogen and oxygen atoms in total. The summed E-state index contributed by atoms with van der Waals surface area (Å²) in [5.41, 5.74) is 32.0. The first kappa shape index (κ1) is 47.4. The Hall–Kier alpha value is -6.78. The van der Waals surface area contributed by atoms with Crippen LogP contribution >= 0.6 is 0 Å². The highest BCUT2D eigenvalue weighted by Gasteiger charge is 2.59. The summed E-state index contributed by atoms with van der Waals surface area (Å²) in [6.45, 7) is 34.2. The van der Waals surface area contributed by atoms with Gasteiger partial charge in [-0.25, -0.2) is 0 Å². The highest BCUT2D eigenvalue weighted by atomic mass is 15.3. The summed E-state index contributed by atoms with van der Waals surface area (Å²) in [6.07, 6.45) is 4.78. The number of fused-ring (bicyclic) bond motifs is 15. The molecule has 0 saturated heterocycles. The van der Waals surface area contributed by atoms with Crippen LogP contribution in [-0.4, -0.2) is 12.3 Å². The van der Waals surface area contributed by atoms with Crippen molar-refractivity contribution >= 4 is 68.6 Å². The normalized spacial score (nSPS) is 22.4. The van der Waals surface area contributed by atoms with Gasteiger partial charge in [-0.15, -0.1) is 0 Å². The van der Waals surface area contributed by atoms with Crippen LogP contribution in [0.25, 0.3) is 22.3 Å². The van der Waals surface area contributed by atoms with Crippen molar-refractivity contribution in [1.29, 1.82) is 0 Å². The third kappa shape index (κ3) is 5.85. The molecule has 384 valence electrons. The van der Waals surface area contributed by atoms with Crippen LogP contribution in [-0.2, 0) is 32.5 Å². The second-order valence-electron chi connectivity index (χ2n) is 28.6. The molecule has 0 spiro atoms. The number of nitrogens with zero attached hydrogens (tertiary/aromatic N) is 3. The summed E-state index contributed by atoms with van der Waals surface area (Å²) in [4.78, 5) is 8.40. The maximum atomic E-state index is 2.86. The molecule has 4 heterocycles. The molecule has 8 aromatic rings. The van der Waals surface area contributed by atoms with Gasteiger partial charge in [-0.05, 0) is 162 Å². The molecule has 4 heteroatoms. The van der Waals surface area contributed by atoms with Crippen LogP contribution in [0.1, 0.15) is 173 Å². The fourth-order valence-corrected chi connectivity index (χ4v) is 16.6. The predicted molar refractivity (Wildman–Crippen MR) is 328 cm³/mol. The first-order chi connectivity index (χ1) is 36.5. The third-order valence-electron chi connectivity index (χ3n) is 21.0. The first-order valence-electron chi connectivity index (χ1n) is 29.0. The van der Waals surface area contributed by atoms with E-state index in [9.17, 15) is 0 Å². The van der Waals surface area contributed by atoms with E-state index in [2.05, 4.69) is 257 Å². The van der Waals surface area contributed by atoms with E-state index in [1.807, 2.05) is 0 Å². The second-order valence-corrected chi connectivity index (χ2v) is 28.6. The molecule has 0 amide bonds. The number of hydrogen-bond acceptors (Lipinski definition) is 3. The van der Waals surface area contributed by atoms with Crippen LogP contribution in [0.15, 0.2) is 146 Å². The summed E-state index contributed by atoms with van der Waals surface area (Å²) in [5.74, 6) is 0. The van der Waals surface area contributed by atoms with Crippen molar-refractivity contribution in [1.82, 2.24) is 0 Å². The van der Waals surface area contributed by atoms with E-state index >= 15 is 0 Å². The van der Waals surface area contributed by atoms with Crippen molar-refractivity contribution in [2.45, 2.75) is 161 Å². The molecule has 7 aliphatic rings. The molecule has 0 N–H and O–H groups in total. The molecular formula is C73H74BN3. The highest BCUT2D eigenvalue weighted by molar-refractivity contribution is 7.00. The van der Waals surface area contributed by atoms with E-state index in [1.54, 1.807) is 0 Å². The molecule has 1 saturated carbocycles. The Morgan fingerprint density at radius 2 is 1.00 bits per heavy atom. The summed E-state index contributed by atoms with van der Waals surface area (Å²) < 4.78 is 0. The molecule has 77 heavy (non-hydrogen) atoms. The van der Waals surface area contributed by atoms with Gasteiger partial charge in [0.15, 0.2) is 0 Å². The summed E-state index contributed by atoms with van der Waals surface area (Å²) in [7, 11) is 0. The van der Waals surface area contributed by atoms with Gasteiger partial charge in [0.1, 0.15) is 0 Å². The lowest BCUT2D eigenvalue weighted by atomic mass is 9.32. The van der Waals surface area contributed by atoms with Crippen LogP contribution in [0.4, 0.5) is 45.5 Å². The Kier molecular flexibility index (Phi) is 9.16. The molecule has 8 aromatic carbocycles. The minimum atomic E-state index is -0.361. The number of rotatable bonds is 2. The van der Waals surface area contributed by atoms with E-state index < -0.39 is 0 Å². The van der Waals surface area contributed by atoms with Crippen molar-refractivity contribution in [3.05, 3.63) is 196 Å². The zero-order valence-corrected chi connectivity index (χ0v) is 48.1. The molecule has 0 radical (unpaired) electrons. The zero-order valence-electron chi connectivity index (χ0n) is 48.1. The van der Waals surface area contributed by atoms with Crippen LogP contribution < -0.4 is 31.1 Å². The summed E-state index contributed by atoms with van der Waals surface area (Å²) in [6, 6.07) is 58.8. The van der Waals surface area contributed by atoms with Crippen molar-refractivity contribution in [3.8, 4) is 22.3 Å². The lowest BCUT2D eigenvalue weighted by Crippen LogP contribution is -2.63. The molecule has 15 rings (SSSR count). The quantitative estimate of drug-likeness (QED) is 0.160. The largest absolute Gasteiger partial charge is 0.334 e. The Morgan fingerprint density at radius 1 is 0.429 bits per heavy atom. The van der Waals surface area contributed by atoms with Gasteiger partial charge in [0.25, 0.3) is 6.71 Å². The van der Waals surface area contributed by atoms with E-state index in [4.69, 9.17) is 0 Å². The standard InChI is InChI=1S/C73H74BN3/c1-67(2,3)43-31-33-57-53(37-43)71(12)35-19-20-36-72(71,13)77(57)46-41-61-65-62(42-46)76-60-30-21-25-48-47-23-15-18-27-51(47)73(14,64(48)60)54-38-45(69(7,8)9)40-56(66(54)76)74(65)55-39-44(68(4,5)6)32-34-58(55)75(61)59-29-22-28-52-63(59)49-24-16-17-26-50(49)70(52,10)11/h15-18,21-34,37-42H,19-20,35-36H2,1-14H3. The Balaban J connectivity index is 1.12. The van der Waals surface area contributed by atoms with E-state index in [0.717, 1.165) is 6.42 Å². The smallest absolute Gasteiger partial charge is 0.252 e. The van der Waals surface area contributed by atoms with E-state index in [1.165, 1.54) is 153 Å². The number of anilines is 8. The van der Waals surface area contributed by atoms with Gasteiger partial charge in [-0.3, -0.25) is 0 Å². The Bertz CT molecular complexity index is 3950. The van der Waals surface area contributed by atoms with Crippen molar-refractivity contribution < 1.29 is 0 Å². The SMILES string of the molecule is CC(C)(C)c1ccc2c(c1)B1c3cc(C(C)(C)C)cc4c3N(c3cc(N5c6ccc(C(C)(C)C)cc6C6(C)CCCCC56C)cc(c31)N2c1cccc2c1-c1ccccc1C2(C)C)c1cccc2c1C4(C)c1ccccc1-2. The maximum Gasteiger partial charge on any atom is 0.252 e. The lowest BCUT2D eigenvalue weighted by molar-refractivity contribution is 0.195. The zero-order chi connectivity index (χ0) is 53.5. The molecule has 3 aliphatic carbocycles. The van der Waals surface area contributed by atoms with Gasteiger partial charge in [-0.1, -0.05) is 205 Å². The average molecular weight is 1000 g/mol. The van der Waals surface area contributed by atoms with Crippen LogP contribution in [0.3, 0.4) is 0 Å². The van der Waals surface area contributed by atoms with Gasteiger partial charge in [0.2, 0.25) is 0 Å². The topological polar surface area (TPSA) is 9.72 Å². The van der Waals surface area contributed by atoms with Crippen LogP contribution in [0.2, 0.25) is 0 Å². The van der Waals surface area contributed by atoms with E-state index in [0.29, 0.717) is 0 Å². The molecule has 1 fully saturated rings. The molecule has 0 aromatic heterocycles. The Labute approximate surface area is 459 Å². The van der Waals surface area contributed by atoms with E-state index in [-0.39, 0.29) is 44.7 Å². The monoisotopic (exact) mass is 1000 g/mol.